The second kappa shape index (κ2) is 4.59. The van der Waals surface area contributed by atoms with Gasteiger partial charge in [0, 0.05) is 11.8 Å². The number of aryl methyl sites for hydroxylation is 1. The number of aliphatic hydroxyl groups is 1. The summed E-state index contributed by atoms with van der Waals surface area (Å²) >= 11 is 2.98. The molecule has 0 spiro atoms. The maximum Gasteiger partial charge on any atom is 0.330 e. The highest BCUT2D eigenvalue weighted by Crippen LogP contribution is 2.23. The van der Waals surface area contributed by atoms with E-state index in [1.807, 2.05) is 0 Å². The fourth-order valence-electron chi connectivity index (χ4n) is 1.55. The Morgan fingerprint density at radius 1 is 1.53 bits per heavy atom. The summed E-state index contributed by atoms with van der Waals surface area (Å²) in [5, 5.41) is 8.45. The number of hydrogen-bond acceptors (Lipinski definition) is 4. The van der Waals surface area contributed by atoms with Gasteiger partial charge in [-0.25, -0.2) is 4.79 Å². The molecule has 0 aliphatic carbocycles. The molecule has 7 heteroatoms. The number of aliphatic hydroxyl groups excluding tert-OH is 1. The third-order valence-electron chi connectivity index (χ3n) is 2.45. The van der Waals surface area contributed by atoms with Crippen LogP contribution in [-0.4, -0.2) is 25.8 Å². The maximum atomic E-state index is 11.6. The van der Waals surface area contributed by atoms with Crippen LogP contribution in [0.2, 0.25) is 0 Å². The Kier molecular flexibility index (Phi) is 3.32. The van der Waals surface area contributed by atoms with Crippen molar-refractivity contribution in [1.82, 2.24) is 9.55 Å². The van der Waals surface area contributed by atoms with Crippen LogP contribution in [0.25, 0.3) is 0 Å². The quantitative estimate of drug-likeness (QED) is 0.595. The number of ether oxygens (including phenoxy) is 1. The van der Waals surface area contributed by atoms with E-state index in [9.17, 15) is 14.7 Å². The van der Waals surface area contributed by atoms with Crippen molar-refractivity contribution in [3.63, 3.8) is 0 Å². The standard InChI is InChI=1S/C10H11BrN2O4/c1-5-4-13(10(16)12-9(5)15)7-3-2-6(17-7)8(11)14/h2-4,6-8,14H,1H3,(H,12,15,16)/t6-,7+,8?/m0/s1. The lowest BCUT2D eigenvalue weighted by Crippen LogP contribution is -2.34. The van der Waals surface area contributed by atoms with Gasteiger partial charge in [-0.05, 0) is 13.0 Å². The Balaban J connectivity index is 2.32. The van der Waals surface area contributed by atoms with Gasteiger partial charge in [-0.1, -0.05) is 22.0 Å². The summed E-state index contributed by atoms with van der Waals surface area (Å²) in [5.74, 6) is 0. The first-order valence-electron chi connectivity index (χ1n) is 4.97. The van der Waals surface area contributed by atoms with Crippen LogP contribution in [-0.2, 0) is 4.74 Å². The molecule has 0 saturated carbocycles. The van der Waals surface area contributed by atoms with Gasteiger partial charge in [0.1, 0.15) is 11.1 Å². The van der Waals surface area contributed by atoms with Gasteiger partial charge in [0.2, 0.25) is 0 Å². The molecule has 1 aromatic rings. The van der Waals surface area contributed by atoms with Gasteiger partial charge in [-0.2, -0.15) is 0 Å². The molecule has 1 aliphatic rings. The van der Waals surface area contributed by atoms with Crippen molar-refractivity contribution in [1.29, 1.82) is 0 Å². The lowest BCUT2D eigenvalue weighted by molar-refractivity contribution is -0.0187. The fraction of sp³-hybridized carbons (Fsp3) is 0.400. The zero-order chi connectivity index (χ0) is 12.6. The predicted molar refractivity (Wildman–Crippen MR) is 64.0 cm³/mol. The summed E-state index contributed by atoms with van der Waals surface area (Å²) in [6.45, 7) is 1.60. The molecule has 0 saturated heterocycles. The van der Waals surface area contributed by atoms with E-state index in [-0.39, 0.29) is 0 Å². The Hall–Kier alpha value is -1.18. The van der Waals surface area contributed by atoms with Crippen molar-refractivity contribution in [2.75, 3.05) is 0 Å². The van der Waals surface area contributed by atoms with Crippen molar-refractivity contribution in [2.45, 2.75) is 24.3 Å². The van der Waals surface area contributed by atoms with Crippen LogP contribution < -0.4 is 11.2 Å². The van der Waals surface area contributed by atoms with Gasteiger partial charge in [-0.3, -0.25) is 14.3 Å². The van der Waals surface area contributed by atoms with Crippen LogP contribution in [0.3, 0.4) is 0 Å². The van der Waals surface area contributed by atoms with Crippen LogP contribution in [0.5, 0.6) is 0 Å². The van der Waals surface area contributed by atoms with Gasteiger partial charge in [0.25, 0.3) is 5.56 Å². The Labute approximate surface area is 105 Å². The highest BCUT2D eigenvalue weighted by atomic mass is 79.9. The monoisotopic (exact) mass is 302 g/mol. The molecule has 2 N–H and O–H groups in total. The van der Waals surface area contributed by atoms with Crippen LogP contribution in [0.15, 0.2) is 27.9 Å². The van der Waals surface area contributed by atoms with Crippen LogP contribution >= 0.6 is 15.9 Å². The van der Waals surface area contributed by atoms with Crippen LogP contribution in [0.1, 0.15) is 11.8 Å². The summed E-state index contributed by atoms with van der Waals surface area (Å²) in [7, 11) is 0. The molecule has 0 bridgehead atoms. The predicted octanol–water partition coefficient (Wildman–Crippen LogP) is 0.0119. The number of rotatable bonds is 2. The summed E-state index contributed by atoms with van der Waals surface area (Å²) in [4.78, 5) is 25.0. The molecule has 0 radical (unpaired) electrons. The number of nitrogens with zero attached hydrogens (tertiary/aromatic N) is 1. The molecule has 17 heavy (non-hydrogen) atoms. The highest BCUT2D eigenvalue weighted by Gasteiger charge is 2.25. The first-order chi connectivity index (χ1) is 7.99. The molecule has 2 rings (SSSR count). The van der Waals surface area contributed by atoms with Crippen molar-refractivity contribution in [3.8, 4) is 0 Å². The van der Waals surface area contributed by atoms with Gasteiger partial charge >= 0.3 is 5.69 Å². The Morgan fingerprint density at radius 2 is 2.24 bits per heavy atom. The molecule has 1 aliphatic heterocycles. The van der Waals surface area contributed by atoms with Gasteiger partial charge in [0.15, 0.2) is 6.23 Å². The topological polar surface area (TPSA) is 84.3 Å². The molecule has 0 aromatic carbocycles. The van der Waals surface area contributed by atoms with Crippen molar-refractivity contribution >= 4 is 15.9 Å². The van der Waals surface area contributed by atoms with Gasteiger partial charge in [0.05, 0.1) is 0 Å². The smallest absolute Gasteiger partial charge is 0.330 e. The van der Waals surface area contributed by atoms with E-state index in [2.05, 4.69) is 20.9 Å². The molecule has 1 aromatic heterocycles. The van der Waals surface area contributed by atoms with Gasteiger partial charge < -0.3 is 9.84 Å². The average molecular weight is 303 g/mol. The number of H-pyrrole nitrogens is 1. The third-order valence-corrected chi connectivity index (χ3v) is 2.97. The molecular weight excluding hydrogens is 292 g/mol. The first kappa shape index (κ1) is 12.3. The van der Waals surface area contributed by atoms with Crippen LogP contribution in [0.4, 0.5) is 0 Å². The zero-order valence-corrected chi connectivity index (χ0v) is 10.5. The number of alkyl halides is 1. The summed E-state index contributed by atoms with van der Waals surface area (Å²) in [6, 6.07) is 0. The van der Waals surface area contributed by atoms with Crippen LogP contribution in [0, 0.1) is 6.92 Å². The summed E-state index contributed by atoms with van der Waals surface area (Å²) in [5.41, 5.74) is -0.533. The molecule has 6 nitrogen and oxygen atoms in total. The molecular formula is C10H11BrN2O4. The van der Waals surface area contributed by atoms with Crippen molar-refractivity contribution in [2.24, 2.45) is 0 Å². The minimum absolute atomic E-state index is 0.412. The second-order valence-corrected chi connectivity index (χ2v) is 4.67. The molecule has 0 amide bonds. The average Bonchev–Trinajstić information content (AvgIpc) is 2.72. The normalized spacial score (nSPS) is 25.1. The van der Waals surface area contributed by atoms with E-state index >= 15 is 0 Å². The third kappa shape index (κ3) is 2.41. The highest BCUT2D eigenvalue weighted by molar-refractivity contribution is 9.09. The van der Waals surface area contributed by atoms with E-state index in [1.165, 1.54) is 10.8 Å². The first-order valence-corrected chi connectivity index (χ1v) is 5.88. The molecule has 2 heterocycles. The number of aromatic nitrogens is 2. The lowest BCUT2D eigenvalue weighted by Gasteiger charge is -2.17. The van der Waals surface area contributed by atoms with Crippen molar-refractivity contribution < 1.29 is 9.84 Å². The fourth-order valence-corrected chi connectivity index (χ4v) is 1.85. The van der Waals surface area contributed by atoms with E-state index in [4.69, 9.17) is 4.74 Å². The zero-order valence-electron chi connectivity index (χ0n) is 8.96. The lowest BCUT2D eigenvalue weighted by atomic mass is 10.3. The number of halogens is 1. The summed E-state index contributed by atoms with van der Waals surface area (Å²) < 4.78 is 6.68. The van der Waals surface area contributed by atoms with E-state index in [0.29, 0.717) is 5.56 Å². The largest absolute Gasteiger partial charge is 0.379 e. The molecule has 1 unspecified atom stereocenters. The second-order valence-electron chi connectivity index (χ2n) is 3.73. The van der Waals surface area contributed by atoms with Gasteiger partial charge in [-0.15, -0.1) is 0 Å². The SMILES string of the molecule is Cc1cn([C@H]2C=C[C@@H](C(O)Br)O2)c(=O)[nH]c1=O. The van der Waals surface area contributed by atoms with E-state index in [0.717, 1.165) is 0 Å². The molecule has 3 atom stereocenters. The Bertz CT molecular complexity index is 560. The minimum atomic E-state index is -0.830. The number of aromatic amines is 1. The minimum Gasteiger partial charge on any atom is -0.379 e. The van der Waals surface area contributed by atoms with E-state index < -0.39 is 28.6 Å². The van der Waals surface area contributed by atoms with Crippen molar-refractivity contribution in [3.05, 3.63) is 44.8 Å². The molecule has 0 fully saturated rings. The van der Waals surface area contributed by atoms with E-state index in [1.54, 1.807) is 19.1 Å². The molecule has 92 valence electrons. The number of nitrogens with one attached hydrogen (secondary N) is 1. The summed E-state index contributed by atoms with van der Waals surface area (Å²) in [6.07, 6.45) is 3.60. The maximum absolute atomic E-state index is 11.6. The number of hydrogen-bond donors (Lipinski definition) is 2. The Morgan fingerprint density at radius 3 is 2.82 bits per heavy atom.